The van der Waals surface area contributed by atoms with Crippen molar-refractivity contribution in [1.82, 2.24) is 5.06 Å². The average molecular weight is 210 g/mol. The largest absolute Gasteiger partial charge is 0.314 e. The van der Waals surface area contributed by atoms with E-state index in [0.29, 0.717) is 17.7 Å². The normalized spacial score (nSPS) is 10.7. The van der Waals surface area contributed by atoms with Crippen molar-refractivity contribution in [2.24, 2.45) is 0 Å². The fourth-order valence-corrected chi connectivity index (χ4v) is 1.69. The molecule has 0 bridgehead atoms. The Kier molecular flexibility index (Phi) is 3.39. The van der Waals surface area contributed by atoms with Gasteiger partial charge in [0.05, 0.1) is 4.92 Å². The second-order valence-electron chi connectivity index (χ2n) is 3.65. The van der Waals surface area contributed by atoms with Crippen LogP contribution in [0.2, 0.25) is 0 Å². The molecule has 0 spiro atoms. The maximum absolute atomic E-state index is 10.7. The molecule has 82 valence electrons. The standard InChI is InChI=1S/C10H14N2O3/c1-7-4-9(6-11(3)13)5-8(2)10(7)12(14)15/h4-5,13H,6H2,1-3H3. The predicted molar refractivity (Wildman–Crippen MR) is 55.8 cm³/mol. The van der Waals surface area contributed by atoms with Crippen LogP contribution in [0.25, 0.3) is 0 Å². The fraction of sp³-hybridized carbons (Fsp3) is 0.400. The highest BCUT2D eigenvalue weighted by molar-refractivity contribution is 5.48. The Morgan fingerprint density at radius 1 is 1.40 bits per heavy atom. The number of hydrogen-bond donors (Lipinski definition) is 1. The van der Waals surface area contributed by atoms with E-state index in [9.17, 15) is 10.1 Å². The van der Waals surface area contributed by atoms with E-state index in [1.807, 2.05) is 0 Å². The topological polar surface area (TPSA) is 66.6 Å². The summed E-state index contributed by atoms with van der Waals surface area (Å²) in [7, 11) is 1.53. The van der Waals surface area contributed by atoms with Crippen LogP contribution in [0, 0.1) is 24.0 Å². The summed E-state index contributed by atoms with van der Waals surface area (Å²) in [5.74, 6) is 0. The third kappa shape index (κ3) is 2.74. The summed E-state index contributed by atoms with van der Waals surface area (Å²) in [6.45, 7) is 3.76. The molecule has 0 fully saturated rings. The summed E-state index contributed by atoms with van der Waals surface area (Å²) in [6, 6.07) is 3.44. The van der Waals surface area contributed by atoms with Gasteiger partial charge in [-0.15, -0.1) is 0 Å². The van der Waals surface area contributed by atoms with Crippen molar-refractivity contribution in [1.29, 1.82) is 0 Å². The average Bonchev–Trinajstić information content (AvgIpc) is 1.99. The van der Waals surface area contributed by atoms with Gasteiger partial charge in [-0.2, -0.15) is 5.06 Å². The van der Waals surface area contributed by atoms with Gasteiger partial charge in [0.2, 0.25) is 0 Å². The molecule has 1 N–H and O–H groups in total. The lowest BCUT2D eigenvalue weighted by molar-refractivity contribution is -0.386. The van der Waals surface area contributed by atoms with Crippen LogP contribution >= 0.6 is 0 Å². The van der Waals surface area contributed by atoms with Gasteiger partial charge in [0.15, 0.2) is 0 Å². The van der Waals surface area contributed by atoms with Crippen molar-refractivity contribution >= 4 is 5.69 Å². The molecule has 0 aliphatic rings. The van der Waals surface area contributed by atoms with Crippen molar-refractivity contribution in [3.8, 4) is 0 Å². The molecule has 0 unspecified atom stereocenters. The Morgan fingerprint density at radius 3 is 2.20 bits per heavy atom. The molecule has 0 aliphatic heterocycles. The van der Waals surface area contributed by atoms with Crippen LogP contribution < -0.4 is 0 Å². The molecule has 5 heteroatoms. The van der Waals surface area contributed by atoms with Gasteiger partial charge in [0.1, 0.15) is 0 Å². The van der Waals surface area contributed by atoms with Crippen molar-refractivity contribution in [3.63, 3.8) is 0 Å². The van der Waals surface area contributed by atoms with E-state index in [-0.39, 0.29) is 10.6 Å². The van der Waals surface area contributed by atoms with E-state index in [2.05, 4.69) is 0 Å². The second-order valence-corrected chi connectivity index (χ2v) is 3.65. The Labute approximate surface area is 88.1 Å². The summed E-state index contributed by atoms with van der Waals surface area (Å²) < 4.78 is 0. The van der Waals surface area contributed by atoms with Gasteiger partial charge in [0, 0.05) is 24.7 Å². The van der Waals surface area contributed by atoms with Gasteiger partial charge >= 0.3 is 0 Å². The van der Waals surface area contributed by atoms with E-state index in [0.717, 1.165) is 10.6 Å². The summed E-state index contributed by atoms with van der Waals surface area (Å²) in [4.78, 5) is 10.3. The SMILES string of the molecule is Cc1cc(CN(C)O)cc(C)c1[N+](=O)[O-]. The van der Waals surface area contributed by atoms with Crippen molar-refractivity contribution in [2.45, 2.75) is 20.4 Å². The van der Waals surface area contributed by atoms with Crippen LogP contribution in [0.3, 0.4) is 0 Å². The molecule has 0 aliphatic carbocycles. The highest BCUT2D eigenvalue weighted by Gasteiger charge is 2.15. The molecule has 15 heavy (non-hydrogen) atoms. The van der Waals surface area contributed by atoms with Crippen LogP contribution in [-0.4, -0.2) is 22.2 Å². The first-order valence-corrected chi connectivity index (χ1v) is 4.56. The van der Waals surface area contributed by atoms with E-state index >= 15 is 0 Å². The number of nitro benzene ring substituents is 1. The van der Waals surface area contributed by atoms with Gasteiger partial charge < -0.3 is 5.21 Å². The molecule has 0 heterocycles. The first-order chi connectivity index (χ1) is 6.91. The number of aryl methyl sites for hydroxylation is 2. The predicted octanol–water partition coefficient (Wildman–Crippen LogP) is 2.03. The van der Waals surface area contributed by atoms with Crippen molar-refractivity contribution in [3.05, 3.63) is 38.9 Å². The number of nitrogens with zero attached hydrogens (tertiary/aromatic N) is 2. The fourth-order valence-electron chi connectivity index (χ4n) is 1.69. The lowest BCUT2D eigenvalue weighted by Gasteiger charge is -2.10. The quantitative estimate of drug-likeness (QED) is 0.612. The molecule has 5 nitrogen and oxygen atoms in total. The Bertz CT molecular complexity index is 365. The van der Waals surface area contributed by atoms with E-state index in [1.165, 1.54) is 7.05 Å². The molecule has 1 aromatic carbocycles. The summed E-state index contributed by atoms with van der Waals surface area (Å²) in [6.07, 6.45) is 0. The second kappa shape index (κ2) is 4.37. The number of hydroxylamine groups is 2. The van der Waals surface area contributed by atoms with Gasteiger partial charge in [-0.25, -0.2) is 0 Å². The number of benzene rings is 1. The van der Waals surface area contributed by atoms with E-state index < -0.39 is 0 Å². The zero-order valence-electron chi connectivity index (χ0n) is 9.02. The van der Waals surface area contributed by atoms with Gasteiger partial charge in [-0.1, -0.05) is 0 Å². The maximum Gasteiger partial charge on any atom is 0.275 e. The highest BCUT2D eigenvalue weighted by Crippen LogP contribution is 2.24. The smallest absolute Gasteiger partial charge is 0.275 e. The molecule has 0 atom stereocenters. The zero-order valence-corrected chi connectivity index (χ0v) is 9.02. The summed E-state index contributed by atoms with van der Waals surface area (Å²) >= 11 is 0. The Morgan fingerprint density at radius 2 is 1.87 bits per heavy atom. The third-order valence-electron chi connectivity index (χ3n) is 2.14. The monoisotopic (exact) mass is 210 g/mol. The van der Waals surface area contributed by atoms with Crippen molar-refractivity contribution in [2.75, 3.05) is 7.05 Å². The number of rotatable bonds is 3. The zero-order chi connectivity index (χ0) is 11.6. The van der Waals surface area contributed by atoms with Crippen LogP contribution in [0.15, 0.2) is 12.1 Å². The molecular weight excluding hydrogens is 196 g/mol. The van der Waals surface area contributed by atoms with Crippen LogP contribution in [-0.2, 0) is 6.54 Å². The minimum absolute atomic E-state index is 0.152. The first-order valence-electron chi connectivity index (χ1n) is 4.56. The van der Waals surface area contributed by atoms with Crippen LogP contribution in [0.1, 0.15) is 16.7 Å². The summed E-state index contributed by atoms with van der Waals surface area (Å²) in [5, 5.41) is 20.8. The van der Waals surface area contributed by atoms with Gasteiger partial charge in [0.25, 0.3) is 5.69 Å². The maximum atomic E-state index is 10.7. The van der Waals surface area contributed by atoms with E-state index in [4.69, 9.17) is 5.21 Å². The third-order valence-corrected chi connectivity index (χ3v) is 2.14. The number of hydrogen-bond acceptors (Lipinski definition) is 4. The lowest BCUT2D eigenvalue weighted by Crippen LogP contribution is -2.12. The molecule has 1 aromatic rings. The van der Waals surface area contributed by atoms with Crippen molar-refractivity contribution < 1.29 is 10.1 Å². The van der Waals surface area contributed by atoms with Crippen LogP contribution in [0.5, 0.6) is 0 Å². The lowest BCUT2D eigenvalue weighted by atomic mass is 10.0. The van der Waals surface area contributed by atoms with Crippen LogP contribution in [0.4, 0.5) is 5.69 Å². The molecule has 0 radical (unpaired) electrons. The first kappa shape index (κ1) is 11.6. The van der Waals surface area contributed by atoms with Gasteiger partial charge in [-0.05, 0) is 31.5 Å². The molecule has 0 aromatic heterocycles. The molecule has 0 amide bonds. The highest BCUT2D eigenvalue weighted by atomic mass is 16.6. The van der Waals surface area contributed by atoms with E-state index in [1.54, 1.807) is 26.0 Å². The molecular formula is C10H14N2O3. The molecule has 1 rings (SSSR count). The summed E-state index contributed by atoms with van der Waals surface area (Å²) in [5.41, 5.74) is 2.26. The molecule has 0 saturated heterocycles. The van der Waals surface area contributed by atoms with Gasteiger partial charge in [-0.3, -0.25) is 10.1 Å². The minimum atomic E-state index is -0.378. The Balaban J connectivity index is 3.14. The minimum Gasteiger partial charge on any atom is -0.314 e. The Hall–Kier alpha value is -1.46. The molecule has 0 saturated carbocycles. The number of nitro groups is 1.